The summed E-state index contributed by atoms with van der Waals surface area (Å²) in [5, 5.41) is 12.9. The first kappa shape index (κ1) is 10.1. The minimum Gasteiger partial charge on any atom is -0.374 e. The van der Waals surface area contributed by atoms with Crippen molar-refractivity contribution in [2.45, 2.75) is 19.1 Å². The summed E-state index contributed by atoms with van der Waals surface area (Å²) in [5.74, 6) is 0. The van der Waals surface area contributed by atoms with Crippen molar-refractivity contribution in [1.82, 2.24) is 10.2 Å². The lowest BCUT2D eigenvalue weighted by atomic mass is 10.1. The number of aliphatic hydroxyl groups excluding tert-OH is 1. The van der Waals surface area contributed by atoms with E-state index < -0.39 is 6.23 Å². The predicted octanol–water partition coefficient (Wildman–Crippen LogP) is 1.27. The lowest BCUT2D eigenvalue weighted by molar-refractivity contribution is 0.0347. The molecule has 2 rings (SSSR count). The summed E-state index contributed by atoms with van der Waals surface area (Å²) in [6, 6.07) is 10.2. The van der Waals surface area contributed by atoms with E-state index in [9.17, 15) is 5.11 Å². The van der Waals surface area contributed by atoms with E-state index in [0.717, 1.165) is 12.8 Å². The van der Waals surface area contributed by atoms with E-state index >= 15 is 0 Å². The highest BCUT2D eigenvalue weighted by molar-refractivity contribution is 5.14. The van der Waals surface area contributed by atoms with Gasteiger partial charge < -0.3 is 15.3 Å². The maximum Gasteiger partial charge on any atom is 0.128 e. The maximum absolute atomic E-state index is 9.84. The zero-order valence-corrected chi connectivity index (χ0v) is 8.63. The van der Waals surface area contributed by atoms with Crippen LogP contribution in [0.15, 0.2) is 42.7 Å². The topological polar surface area (TPSA) is 35.5 Å². The molecule has 0 fully saturated rings. The third-order valence-electron chi connectivity index (χ3n) is 2.57. The molecule has 3 nitrogen and oxygen atoms in total. The zero-order chi connectivity index (χ0) is 10.5. The summed E-state index contributed by atoms with van der Waals surface area (Å²) in [4.78, 5) is 1.89. The van der Waals surface area contributed by atoms with Crippen LogP contribution in [0.3, 0.4) is 0 Å². The van der Waals surface area contributed by atoms with Crippen molar-refractivity contribution in [3.63, 3.8) is 0 Å². The molecule has 1 heterocycles. The van der Waals surface area contributed by atoms with E-state index in [0.29, 0.717) is 6.67 Å². The van der Waals surface area contributed by atoms with Crippen LogP contribution in [0.2, 0.25) is 0 Å². The minimum atomic E-state index is -0.392. The molecule has 0 radical (unpaired) electrons. The fourth-order valence-corrected chi connectivity index (χ4v) is 1.67. The van der Waals surface area contributed by atoms with Crippen molar-refractivity contribution in [1.29, 1.82) is 0 Å². The van der Waals surface area contributed by atoms with Crippen molar-refractivity contribution < 1.29 is 5.11 Å². The molecular formula is C12H16N2O. The molecule has 2 N–H and O–H groups in total. The number of nitrogens with zero attached hydrogens (tertiary/aromatic N) is 1. The molecule has 0 aliphatic carbocycles. The van der Waals surface area contributed by atoms with Crippen LogP contribution in [0.25, 0.3) is 0 Å². The van der Waals surface area contributed by atoms with Gasteiger partial charge in [0.25, 0.3) is 0 Å². The van der Waals surface area contributed by atoms with Gasteiger partial charge in [0.1, 0.15) is 6.23 Å². The summed E-state index contributed by atoms with van der Waals surface area (Å²) < 4.78 is 0. The molecule has 1 aliphatic heterocycles. The molecule has 1 atom stereocenters. The monoisotopic (exact) mass is 204 g/mol. The first-order valence-electron chi connectivity index (χ1n) is 5.24. The number of hydrogen-bond acceptors (Lipinski definition) is 3. The molecule has 0 saturated heterocycles. The Labute approximate surface area is 90.0 Å². The Bertz CT molecular complexity index is 324. The van der Waals surface area contributed by atoms with E-state index in [4.69, 9.17) is 0 Å². The quantitative estimate of drug-likeness (QED) is 0.775. The van der Waals surface area contributed by atoms with Gasteiger partial charge >= 0.3 is 0 Å². The Morgan fingerprint density at radius 2 is 2.13 bits per heavy atom. The standard InChI is InChI=1S/C12H16N2O/c15-12(14-9-8-13-10-14)7-6-11-4-2-1-3-5-11/h1-5,8-9,12-13,15H,6-7,10H2. The zero-order valence-electron chi connectivity index (χ0n) is 8.63. The lowest BCUT2D eigenvalue weighted by Crippen LogP contribution is -2.32. The molecule has 1 aromatic rings. The number of aryl methyl sites for hydroxylation is 1. The van der Waals surface area contributed by atoms with Gasteiger partial charge in [0, 0.05) is 12.4 Å². The summed E-state index contributed by atoms with van der Waals surface area (Å²) in [6.45, 7) is 0.704. The highest BCUT2D eigenvalue weighted by Gasteiger charge is 2.13. The van der Waals surface area contributed by atoms with Crippen molar-refractivity contribution in [2.75, 3.05) is 6.67 Å². The second-order valence-electron chi connectivity index (χ2n) is 3.70. The van der Waals surface area contributed by atoms with Crippen LogP contribution in [0.5, 0.6) is 0 Å². The molecule has 15 heavy (non-hydrogen) atoms. The molecule has 0 bridgehead atoms. The number of rotatable bonds is 4. The Kier molecular flexibility index (Phi) is 3.25. The van der Waals surface area contributed by atoms with E-state index in [1.807, 2.05) is 35.5 Å². The van der Waals surface area contributed by atoms with E-state index in [-0.39, 0.29) is 0 Å². The second kappa shape index (κ2) is 4.84. The number of hydrogen-bond donors (Lipinski definition) is 2. The summed E-state index contributed by atoms with van der Waals surface area (Å²) in [6.07, 6.45) is 5.01. The van der Waals surface area contributed by atoms with Crippen LogP contribution < -0.4 is 5.32 Å². The molecule has 1 aliphatic rings. The summed E-state index contributed by atoms with van der Waals surface area (Å²) in [7, 11) is 0. The van der Waals surface area contributed by atoms with Gasteiger partial charge in [-0.2, -0.15) is 0 Å². The molecule has 80 valence electrons. The lowest BCUT2D eigenvalue weighted by Gasteiger charge is -2.22. The van der Waals surface area contributed by atoms with Gasteiger partial charge in [0.15, 0.2) is 0 Å². The number of aliphatic hydroxyl groups is 1. The van der Waals surface area contributed by atoms with Crippen LogP contribution >= 0.6 is 0 Å². The van der Waals surface area contributed by atoms with Crippen LogP contribution in [-0.4, -0.2) is 22.9 Å². The molecule has 3 heteroatoms. The molecule has 0 amide bonds. The fraction of sp³-hybridized carbons (Fsp3) is 0.333. The van der Waals surface area contributed by atoms with Crippen molar-refractivity contribution in [3.8, 4) is 0 Å². The van der Waals surface area contributed by atoms with Crippen molar-refractivity contribution >= 4 is 0 Å². The molecule has 1 aromatic carbocycles. The van der Waals surface area contributed by atoms with Crippen LogP contribution in [0.1, 0.15) is 12.0 Å². The molecule has 0 aromatic heterocycles. The maximum atomic E-state index is 9.84. The highest BCUT2D eigenvalue weighted by Crippen LogP contribution is 2.09. The molecule has 0 spiro atoms. The third-order valence-corrected chi connectivity index (χ3v) is 2.57. The average Bonchev–Trinajstić information content (AvgIpc) is 2.81. The first-order chi connectivity index (χ1) is 7.36. The Balaban J connectivity index is 1.80. The van der Waals surface area contributed by atoms with Gasteiger partial charge in [-0.3, -0.25) is 0 Å². The Morgan fingerprint density at radius 1 is 1.33 bits per heavy atom. The third kappa shape index (κ3) is 2.73. The van der Waals surface area contributed by atoms with Gasteiger partial charge in [-0.1, -0.05) is 30.3 Å². The van der Waals surface area contributed by atoms with Crippen molar-refractivity contribution in [2.24, 2.45) is 0 Å². The van der Waals surface area contributed by atoms with Gasteiger partial charge in [-0.05, 0) is 18.4 Å². The van der Waals surface area contributed by atoms with Crippen molar-refractivity contribution in [3.05, 3.63) is 48.3 Å². The summed E-state index contributed by atoms with van der Waals surface area (Å²) >= 11 is 0. The first-order valence-corrected chi connectivity index (χ1v) is 5.24. The Hall–Kier alpha value is -1.48. The van der Waals surface area contributed by atoms with E-state index in [1.165, 1.54) is 5.56 Å². The van der Waals surface area contributed by atoms with Gasteiger partial charge in [0.2, 0.25) is 0 Å². The Morgan fingerprint density at radius 3 is 2.80 bits per heavy atom. The minimum absolute atomic E-state index is 0.392. The highest BCUT2D eigenvalue weighted by atomic mass is 16.3. The van der Waals surface area contributed by atoms with Gasteiger partial charge in [0.05, 0.1) is 6.67 Å². The molecule has 1 unspecified atom stereocenters. The largest absolute Gasteiger partial charge is 0.374 e. The smallest absolute Gasteiger partial charge is 0.128 e. The molecular weight excluding hydrogens is 188 g/mol. The van der Waals surface area contributed by atoms with E-state index in [2.05, 4.69) is 17.4 Å². The van der Waals surface area contributed by atoms with E-state index in [1.54, 1.807) is 0 Å². The average molecular weight is 204 g/mol. The summed E-state index contributed by atoms with van der Waals surface area (Å²) in [5.41, 5.74) is 1.27. The normalized spacial score (nSPS) is 16.5. The predicted molar refractivity (Wildman–Crippen MR) is 59.8 cm³/mol. The number of nitrogens with one attached hydrogen (secondary N) is 1. The van der Waals surface area contributed by atoms with Gasteiger partial charge in [-0.15, -0.1) is 0 Å². The van der Waals surface area contributed by atoms with Gasteiger partial charge in [-0.25, -0.2) is 0 Å². The number of benzene rings is 1. The van der Waals surface area contributed by atoms with Crippen LogP contribution in [0.4, 0.5) is 0 Å². The van der Waals surface area contributed by atoms with Crippen LogP contribution in [-0.2, 0) is 6.42 Å². The fourth-order valence-electron chi connectivity index (χ4n) is 1.67. The molecule has 0 saturated carbocycles. The second-order valence-corrected chi connectivity index (χ2v) is 3.70. The SMILES string of the molecule is OC(CCc1ccccc1)N1C=CNC1. The van der Waals surface area contributed by atoms with Crippen LogP contribution in [0, 0.1) is 0 Å².